The molecule has 0 aliphatic heterocycles. The van der Waals surface area contributed by atoms with Crippen molar-refractivity contribution in [1.82, 2.24) is 0 Å². The Morgan fingerprint density at radius 2 is 2.14 bits per heavy atom. The van der Waals surface area contributed by atoms with Crippen LogP contribution in [-0.2, 0) is 20.9 Å². The van der Waals surface area contributed by atoms with Crippen LogP contribution in [0.3, 0.4) is 0 Å². The van der Waals surface area contributed by atoms with E-state index in [0.717, 1.165) is 9.13 Å². The zero-order valence-electron chi connectivity index (χ0n) is 7.07. The van der Waals surface area contributed by atoms with E-state index < -0.39 is 11.9 Å². The molecule has 0 aliphatic carbocycles. The lowest BCUT2D eigenvalue weighted by Crippen LogP contribution is -2.15. The van der Waals surface area contributed by atoms with Gasteiger partial charge in [0.2, 0.25) is 0 Å². The molecule has 1 N–H and O–H groups in total. The van der Waals surface area contributed by atoms with Crippen molar-refractivity contribution in [2.75, 3.05) is 0 Å². The summed E-state index contributed by atoms with van der Waals surface area (Å²) in [5.41, 5.74) is 0.770. The van der Waals surface area contributed by atoms with E-state index in [4.69, 9.17) is 5.11 Å². The van der Waals surface area contributed by atoms with E-state index in [0.29, 0.717) is 0 Å². The average molecular weight is 306 g/mol. The van der Waals surface area contributed by atoms with Crippen LogP contribution < -0.4 is 0 Å². The molecule has 0 saturated carbocycles. The number of aliphatic carboxylic acids is 1. The predicted molar refractivity (Wildman–Crippen MR) is 56.6 cm³/mol. The van der Waals surface area contributed by atoms with Gasteiger partial charge >= 0.3 is 11.9 Å². The Hall–Kier alpha value is -1.11. The molecule has 1 aromatic carbocycles. The van der Waals surface area contributed by atoms with Gasteiger partial charge in [-0.1, -0.05) is 12.1 Å². The molecule has 0 radical (unpaired) electrons. The number of carbonyl (C=O) groups excluding carboxylic acids is 1. The van der Waals surface area contributed by atoms with Gasteiger partial charge in [0, 0.05) is 3.57 Å². The molecule has 0 aliphatic rings. The van der Waals surface area contributed by atoms with E-state index in [2.05, 4.69) is 27.3 Å². The third kappa shape index (κ3) is 3.33. The van der Waals surface area contributed by atoms with E-state index in [1.54, 1.807) is 6.07 Å². The van der Waals surface area contributed by atoms with Gasteiger partial charge in [0.15, 0.2) is 0 Å². The summed E-state index contributed by atoms with van der Waals surface area (Å²) in [4.78, 5) is 20.7. The number of hydrogen-bond donors (Lipinski definition) is 1. The number of hydrogen-bond acceptors (Lipinski definition) is 3. The van der Waals surface area contributed by atoms with Gasteiger partial charge in [0.05, 0.1) is 0 Å². The SMILES string of the molecule is O=C(O)C(=O)OCc1cccc(I)c1. The molecule has 0 atom stereocenters. The molecule has 1 rings (SSSR count). The third-order valence-electron chi connectivity index (χ3n) is 1.43. The van der Waals surface area contributed by atoms with E-state index in [1.165, 1.54) is 0 Å². The van der Waals surface area contributed by atoms with Crippen LogP contribution in [0.15, 0.2) is 24.3 Å². The number of rotatable bonds is 2. The summed E-state index contributed by atoms with van der Waals surface area (Å²) in [7, 11) is 0. The van der Waals surface area contributed by atoms with Crippen LogP contribution in [0.2, 0.25) is 0 Å². The highest BCUT2D eigenvalue weighted by Gasteiger charge is 2.12. The van der Waals surface area contributed by atoms with Crippen molar-refractivity contribution < 1.29 is 19.4 Å². The summed E-state index contributed by atoms with van der Waals surface area (Å²) in [5, 5.41) is 8.24. The summed E-state index contributed by atoms with van der Waals surface area (Å²) < 4.78 is 5.51. The van der Waals surface area contributed by atoms with Gasteiger partial charge in [-0.3, -0.25) is 0 Å². The van der Waals surface area contributed by atoms with Crippen LogP contribution in [0.4, 0.5) is 0 Å². The first kappa shape index (κ1) is 11.0. The standard InChI is InChI=1S/C9H7IO4/c10-7-3-1-2-6(4-7)5-14-9(13)8(11)12/h1-4H,5H2,(H,11,12). The number of carboxylic acid groups (broad SMARTS) is 1. The molecule has 0 amide bonds. The summed E-state index contributed by atoms with van der Waals surface area (Å²) >= 11 is 2.12. The highest BCUT2D eigenvalue weighted by Crippen LogP contribution is 2.08. The third-order valence-corrected chi connectivity index (χ3v) is 2.10. The van der Waals surface area contributed by atoms with Crippen LogP contribution in [-0.4, -0.2) is 17.0 Å². The quantitative estimate of drug-likeness (QED) is 0.510. The number of halogens is 1. The van der Waals surface area contributed by atoms with Crippen LogP contribution >= 0.6 is 22.6 Å². The number of carboxylic acids is 1. The summed E-state index contributed by atoms with van der Waals surface area (Å²) in [6.45, 7) is -0.0119. The maximum Gasteiger partial charge on any atom is 0.417 e. The van der Waals surface area contributed by atoms with Gasteiger partial charge in [-0.2, -0.15) is 0 Å². The Labute approximate surface area is 94.0 Å². The van der Waals surface area contributed by atoms with E-state index >= 15 is 0 Å². The first-order valence-corrected chi connectivity index (χ1v) is 4.82. The van der Waals surface area contributed by atoms with Crippen molar-refractivity contribution in [3.05, 3.63) is 33.4 Å². The fraction of sp³-hybridized carbons (Fsp3) is 0.111. The van der Waals surface area contributed by atoms with Crippen LogP contribution in [0.1, 0.15) is 5.56 Å². The second-order valence-electron chi connectivity index (χ2n) is 2.51. The normalized spacial score (nSPS) is 9.50. The molecule has 0 saturated heterocycles. The lowest BCUT2D eigenvalue weighted by Gasteiger charge is -2.01. The first-order chi connectivity index (χ1) is 6.59. The molecule has 5 heteroatoms. The number of carbonyl (C=O) groups is 2. The highest BCUT2D eigenvalue weighted by atomic mass is 127. The van der Waals surface area contributed by atoms with Gasteiger partial charge in [-0.15, -0.1) is 0 Å². The lowest BCUT2D eigenvalue weighted by molar-refractivity contribution is -0.164. The molecular formula is C9H7IO4. The maximum absolute atomic E-state index is 10.6. The molecule has 0 spiro atoms. The first-order valence-electron chi connectivity index (χ1n) is 3.74. The Morgan fingerprint density at radius 3 is 2.71 bits per heavy atom. The predicted octanol–water partition coefficient (Wildman–Crippen LogP) is 1.42. The Morgan fingerprint density at radius 1 is 1.43 bits per heavy atom. The Balaban J connectivity index is 2.54. The largest absolute Gasteiger partial charge is 0.473 e. The summed E-state index contributed by atoms with van der Waals surface area (Å²) in [5.74, 6) is -2.81. The van der Waals surface area contributed by atoms with Crippen molar-refractivity contribution in [3.63, 3.8) is 0 Å². The highest BCUT2D eigenvalue weighted by molar-refractivity contribution is 14.1. The number of esters is 1. The molecule has 0 heterocycles. The minimum absolute atomic E-state index is 0.0119. The second kappa shape index (κ2) is 4.94. The fourth-order valence-corrected chi connectivity index (χ4v) is 1.44. The molecule has 0 aromatic heterocycles. The van der Waals surface area contributed by atoms with E-state index in [1.807, 2.05) is 18.2 Å². The Bertz CT molecular complexity index is 362. The van der Waals surface area contributed by atoms with Crippen molar-refractivity contribution >= 4 is 34.5 Å². The monoisotopic (exact) mass is 306 g/mol. The van der Waals surface area contributed by atoms with Crippen molar-refractivity contribution in [3.8, 4) is 0 Å². The zero-order valence-corrected chi connectivity index (χ0v) is 9.22. The molecule has 0 bridgehead atoms. The van der Waals surface area contributed by atoms with Crippen molar-refractivity contribution in [2.24, 2.45) is 0 Å². The number of benzene rings is 1. The van der Waals surface area contributed by atoms with Crippen molar-refractivity contribution in [2.45, 2.75) is 6.61 Å². The minimum Gasteiger partial charge on any atom is -0.473 e. The molecule has 4 nitrogen and oxygen atoms in total. The second-order valence-corrected chi connectivity index (χ2v) is 3.76. The topological polar surface area (TPSA) is 63.6 Å². The lowest BCUT2D eigenvalue weighted by atomic mass is 10.2. The molecule has 0 fully saturated rings. The zero-order chi connectivity index (χ0) is 10.6. The van der Waals surface area contributed by atoms with E-state index in [-0.39, 0.29) is 6.61 Å². The number of ether oxygens (including phenoxy) is 1. The smallest absolute Gasteiger partial charge is 0.417 e. The van der Waals surface area contributed by atoms with Crippen LogP contribution in [0, 0.1) is 3.57 Å². The van der Waals surface area contributed by atoms with Crippen molar-refractivity contribution in [1.29, 1.82) is 0 Å². The van der Waals surface area contributed by atoms with Crippen LogP contribution in [0.5, 0.6) is 0 Å². The van der Waals surface area contributed by atoms with Gasteiger partial charge in [0.25, 0.3) is 0 Å². The van der Waals surface area contributed by atoms with Gasteiger partial charge in [0.1, 0.15) is 6.61 Å². The summed E-state index contributed by atoms with van der Waals surface area (Å²) in [6, 6.07) is 7.28. The Kier molecular flexibility index (Phi) is 3.87. The minimum atomic E-state index is -1.57. The summed E-state index contributed by atoms with van der Waals surface area (Å²) in [6.07, 6.45) is 0. The van der Waals surface area contributed by atoms with Gasteiger partial charge in [-0.05, 0) is 40.3 Å². The maximum atomic E-state index is 10.6. The molecule has 0 unspecified atom stereocenters. The molecule has 1 aromatic rings. The van der Waals surface area contributed by atoms with Gasteiger partial charge < -0.3 is 9.84 Å². The molecule has 14 heavy (non-hydrogen) atoms. The van der Waals surface area contributed by atoms with Crippen LogP contribution in [0.25, 0.3) is 0 Å². The van der Waals surface area contributed by atoms with Gasteiger partial charge in [-0.25, -0.2) is 9.59 Å². The average Bonchev–Trinajstić information content (AvgIpc) is 2.14. The molecule has 74 valence electrons. The fourth-order valence-electron chi connectivity index (χ4n) is 0.837. The van der Waals surface area contributed by atoms with E-state index in [9.17, 15) is 9.59 Å². The molecular weight excluding hydrogens is 299 g/mol.